The lowest BCUT2D eigenvalue weighted by Gasteiger charge is -2.23. The molecule has 17 heavy (non-hydrogen) atoms. The highest BCUT2D eigenvalue weighted by atomic mass is 79.9. The molecule has 1 heterocycles. The Kier molecular flexibility index (Phi) is 4.22. The number of nitrogens with zero attached hydrogens (tertiary/aromatic N) is 1. The summed E-state index contributed by atoms with van der Waals surface area (Å²) in [6.45, 7) is 0.658. The summed E-state index contributed by atoms with van der Waals surface area (Å²) in [6, 6.07) is 10.2. The first-order valence-corrected chi connectivity index (χ1v) is 8.46. The van der Waals surface area contributed by atoms with Crippen molar-refractivity contribution < 1.29 is 8.42 Å². The molecule has 0 N–H and O–H groups in total. The highest BCUT2D eigenvalue weighted by molar-refractivity contribution is 9.10. The van der Waals surface area contributed by atoms with E-state index >= 15 is 0 Å². The van der Waals surface area contributed by atoms with Gasteiger partial charge in [-0.1, -0.05) is 46.3 Å². The van der Waals surface area contributed by atoms with Gasteiger partial charge in [-0.2, -0.15) is 4.31 Å². The smallest absolute Gasteiger partial charge is 0.211 e. The fraction of sp³-hybridized carbons (Fsp3) is 0.500. The summed E-state index contributed by atoms with van der Waals surface area (Å²) in [5, 5.41) is 0. The van der Waals surface area contributed by atoms with Gasteiger partial charge in [-0.3, -0.25) is 0 Å². The van der Waals surface area contributed by atoms with Crippen LogP contribution in [0.15, 0.2) is 30.3 Å². The molecule has 0 aliphatic carbocycles. The van der Waals surface area contributed by atoms with Gasteiger partial charge in [-0.15, -0.1) is 0 Å². The van der Waals surface area contributed by atoms with E-state index < -0.39 is 10.0 Å². The molecule has 0 unspecified atom stereocenters. The zero-order chi connectivity index (χ0) is 12.3. The lowest BCUT2D eigenvalue weighted by molar-refractivity contribution is 0.388. The number of sulfonamides is 1. The molecule has 5 heteroatoms. The number of benzene rings is 1. The Morgan fingerprint density at radius 1 is 1.29 bits per heavy atom. The Labute approximate surface area is 111 Å². The van der Waals surface area contributed by atoms with E-state index in [1.807, 2.05) is 18.2 Å². The highest BCUT2D eigenvalue weighted by Gasteiger charge is 2.33. The number of hydrogen-bond donors (Lipinski definition) is 0. The van der Waals surface area contributed by atoms with E-state index in [2.05, 4.69) is 28.1 Å². The average Bonchev–Trinajstić information content (AvgIpc) is 2.79. The van der Waals surface area contributed by atoms with Crippen molar-refractivity contribution in [1.29, 1.82) is 0 Å². The molecular formula is C12H16BrNO2S. The van der Waals surface area contributed by atoms with E-state index in [9.17, 15) is 8.42 Å². The van der Waals surface area contributed by atoms with Crippen LogP contribution in [0.5, 0.6) is 0 Å². The maximum absolute atomic E-state index is 11.9. The molecule has 1 fully saturated rings. The third-order valence-electron chi connectivity index (χ3n) is 3.13. The third-order valence-corrected chi connectivity index (χ3v) is 6.34. The topological polar surface area (TPSA) is 37.4 Å². The Morgan fingerprint density at radius 3 is 2.65 bits per heavy atom. The van der Waals surface area contributed by atoms with Crippen LogP contribution in [-0.4, -0.2) is 30.0 Å². The fourth-order valence-electron chi connectivity index (χ4n) is 2.33. The van der Waals surface area contributed by atoms with Gasteiger partial charge in [-0.05, 0) is 24.8 Å². The van der Waals surface area contributed by atoms with Crippen molar-refractivity contribution in [2.75, 3.05) is 11.2 Å². The van der Waals surface area contributed by atoms with Gasteiger partial charge in [0.2, 0.25) is 10.0 Å². The van der Waals surface area contributed by atoms with E-state index in [1.165, 1.54) is 5.56 Å². The predicted molar refractivity (Wildman–Crippen MR) is 72.6 cm³/mol. The molecular weight excluding hydrogens is 302 g/mol. The number of halogens is 1. The van der Waals surface area contributed by atoms with Crippen molar-refractivity contribution in [3.63, 3.8) is 0 Å². The van der Waals surface area contributed by atoms with Crippen molar-refractivity contribution in [3.05, 3.63) is 35.9 Å². The molecule has 0 saturated carbocycles. The molecule has 0 aromatic heterocycles. The van der Waals surface area contributed by atoms with Crippen LogP contribution in [0, 0.1) is 0 Å². The monoisotopic (exact) mass is 317 g/mol. The van der Waals surface area contributed by atoms with Crippen molar-refractivity contribution >= 4 is 26.0 Å². The molecule has 3 nitrogen and oxygen atoms in total. The lowest BCUT2D eigenvalue weighted by Crippen LogP contribution is -2.37. The number of rotatable bonds is 4. The van der Waals surface area contributed by atoms with Crippen LogP contribution in [0.2, 0.25) is 0 Å². The van der Waals surface area contributed by atoms with Crippen LogP contribution in [0.1, 0.15) is 18.4 Å². The predicted octanol–water partition coefficient (Wildman–Crippen LogP) is 2.38. The summed E-state index contributed by atoms with van der Waals surface area (Å²) < 4.78 is 25.4. The SMILES string of the molecule is O=S(=O)(CBr)N1CCC[C@H]1Cc1ccccc1. The molecule has 1 aliphatic heterocycles. The summed E-state index contributed by atoms with van der Waals surface area (Å²) in [6.07, 6.45) is 2.73. The molecule has 0 spiro atoms. The highest BCUT2D eigenvalue weighted by Crippen LogP contribution is 2.25. The molecule has 94 valence electrons. The molecule has 1 aromatic rings. The Balaban J connectivity index is 2.11. The quantitative estimate of drug-likeness (QED) is 0.799. The lowest BCUT2D eigenvalue weighted by atomic mass is 10.1. The average molecular weight is 318 g/mol. The molecule has 0 bridgehead atoms. The summed E-state index contributed by atoms with van der Waals surface area (Å²) in [4.78, 5) is 0. The van der Waals surface area contributed by atoms with E-state index in [4.69, 9.17) is 0 Å². The van der Waals surface area contributed by atoms with Gasteiger partial charge in [-0.25, -0.2) is 8.42 Å². The Bertz CT molecular complexity index is 461. The summed E-state index contributed by atoms with van der Waals surface area (Å²) >= 11 is 3.06. The van der Waals surface area contributed by atoms with Crippen molar-refractivity contribution in [2.45, 2.75) is 25.3 Å². The van der Waals surface area contributed by atoms with E-state index in [-0.39, 0.29) is 10.7 Å². The molecule has 0 radical (unpaired) electrons. The molecule has 1 aromatic carbocycles. The minimum Gasteiger partial charge on any atom is -0.211 e. The maximum Gasteiger partial charge on any atom is 0.224 e. The van der Waals surface area contributed by atoms with Crippen LogP contribution >= 0.6 is 15.9 Å². The summed E-state index contributed by atoms with van der Waals surface area (Å²) in [5.41, 5.74) is 1.20. The summed E-state index contributed by atoms with van der Waals surface area (Å²) in [5.74, 6) is 0. The van der Waals surface area contributed by atoms with Crippen molar-refractivity contribution in [2.24, 2.45) is 0 Å². The largest absolute Gasteiger partial charge is 0.224 e. The minimum atomic E-state index is -3.12. The van der Waals surface area contributed by atoms with Gasteiger partial charge in [0, 0.05) is 12.6 Å². The van der Waals surface area contributed by atoms with Crippen molar-refractivity contribution in [1.82, 2.24) is 4.31 Å². The number of hydrogen-bond acceptors (Lipinski definition) is 2. The first kappa shape index (κ1) is 13.1. The van der Waals surface area contributed by atoms with E-state index in [0.29, 0.717) is 6.54 Å². The van der Waals surface area contributed by atoms with Gasteiger partial charge >= 0.3 is 0 Å². The van der Waals surface area contributed by atoms with Crippen LogP contribution in [0.25, 0.3) is 0 Å². The maximum atomic E-state index is 11.9. The standard InChI is InChI=1S/C12H16BrNO2S/c13-10-17(15,16)14-8-4-7-12(14)9-11-5-2-1-3-6-11/h1-3,5-6,12H,4,7-10H2/t12-/m0/s1. The van der Waals surface area contributed by atoms with E-state index in [1.54, 1.807) is 4.31 Å². The first-order valence-electron chi connectivity index (χ1n) is 5.73. The zero-order valence-electron chi connectivity index (χ0n) is 9.55. The fourth-order valence-corrected chi connectivity index (χ4v) is 4.28. The van der Waals surface area contributed by atoms with Crippen LogP contribution in [0.4, 0.5) is 0 Å². The van der Waals surface area contributed by atoms with Crippen LogP contribution in [0.3, 0.4) is 0 Å². The zero-order valence-corrected chi connectivity index (χ0v) is 12.0. The normalized spacial score (nSPS) is 21.8. The van der Waals surface area contributed by atoms with Gasteiger partial charge in [0.1, 0.15) is 4.66 Å². The van der Waals surface area contributed by atoms with Gasteiger partial charge in [0.25, 0.3) is 0 Å². The minimum absolute atomic E-state index is 0.0191. The second-order valence-electron chi connectivity index (χ2n) is 4.32. The Hall–Kier alpha value is -0.390. The molecule has 1 aliphatic rings. The molecule has 1 saturated heterocycles. The van der Waals surface area contributed by atoms with Crippen LogP contribution in [-0.2, 0) is 16.4 Å². The van der Waals surface area contributed by atoms with Gasteiger partial charge in [0.15, 0.2) is 0 Å². The number of alkyl halides is 1. The molecule has 0 amide bonds. The molecule has 1 atom stereocenters. The molecule has 2 rings (SSSR count). The second-order valence-corrected chi connectivity index (χ2v) is 7.54. The summed E-state index contributed by atoms with van der Waals surface area (Å²) in [7, 11) is -3.12. The van der Waals surface area contributed by atoms with Gasteiger partial charge in [0.05, 0.1) is 0 Å². The van der Waals surface area contributed by atoms with E-state index in [0.717, 1.165) is 19.3 Å². The second kappa shape index (κ2) is 5.50. The van der Waals surface area contributed by atoms with Crippen molar-refractivity contribution in [3.8, 4) is 0 Å². The third kappa shape index (κ3) is 3.09. The Morgan fingerprint density at radius 2 is 2.00 bits per heavy atom. The van der Waals surface area contributed by atoms with Crippen LogP contribution < -0.4 is 0 Å². The first-order chi connectivity index (χ1) is 8.13. The van der Waals surface area contributed by atoms with Gasteiger partial charge < -0.3 is 0 Å².